The Hall–Kier alpha value is -0.330. The van der Waals surface area contributed by atoms with E-state index in [9.17, 15) is 5.11 Å². The highest BCUT2D eigenvalue weighted by molar-refractivity contribution is 9.10. The van der Waals surface area contributed by atoms with E-state index in [0.29, 0.717) is 32.4 Å². The number of benzene rings is 1. The molecule has 6 heteroatoms. The maximum absolute atomic E-state index is 9.82. The van der Waals surface area contributed by atoms with Gasteiger partial charge in [-0.25, -0.2) is 0 Å². The summed E-state index contributed by atoms with van der Waals surface area (Å²) in [4.78, 5) is 0. The monoisotopic (exact) mass is 393 g/mol. The molecule has 0 spiro atoms. The van der Waals surface area contributed by atoms with Crippen LogP contribution in [0.3, 0.4) is 0 Å². The van der Waals surface area contributed by atoms with Gasteiger partial charge in [0.1, 0.15) is 12.4 Å². The fraction of sp³-hybridized carbons (Fsp3) is 0.625. The molecule has 1 aromatic rings. The topological polar surface area (TPSA) is 50.7 Å². The van der Waals surface area contributed by atoms with E-state index in [2.05, 4.69) is 21.2 Å². The van der Waals surface area contributed by atoms with Crippen LogP contribution in [-0.4, -0.2) is 43.6 Å². The Morgan fingerprint density at radius 1 is 1.18 bits per heavy atom. The second-order valence-corrected chi connectivity index (χ2v) is 6.34. The predicted octanol–water partition coefficient (Wildman–Crippen LogP) is 3.16. The van der Waals surface area contributed by atoms with Crippen molar-refractivity contribution in [2.24, 2.45) is 0 Å². The van der Waals surface area contributed by atoms with Gasteiger partial charge in [0.15, 0.2) is 0 Å². The summed E-state index contributed by atoms with van der Waals surface area (Å²) in [5.74, 6) is 0.824. The van der Waals surface area contributed by atoms with Gasteiger partial charge in [0.05, 0.1) is 19.3 Å². The van der Waals surface area contributed by atoms with Crippen molar-refractivity contribution >= 4 is 28.3 Å². The first kappa shape index (κ1) is 19.7. The first-order valence-corrected chi connectivity index (χ1v) is 8.41. The molecule has 2 N–H and O–H groups in total. The van der Waals surface area contributed by atoms with Gasteiger partial charge in [-0.2, -0.15) is 0 Å². The molecule has 22 heavy (non-hydrogen) atoms. The van der Waals surface area contributed by atoms with Crippen LogP contribution in [0.25, 0.3) is 0 Å². The highest BCUT2D eigenvalue weighted by Gasteiger charge is 2.15. The molecule has 1 atom stereocenters. The number of halogens is 2. The summed E-state index contributed by atoms with van der Waals surface area (Å²) in [5.41, 5.74) is 0. The number of hydrogen-bond donors (Lipinski definition) is 2. The van der Waals surface area contributed by atoms with Gasteiger partial charge in [-0.3, -0.25) is 0 Å². The Balaban J connectivity index is 0.00000242. The van der Waals surface area contributed by atoms with Crippen LogP contribution in [0.5, 0.6) is 5.75 Å². The maximum Gasteiger partial charge on any atom is 0.119 e. The van der Waals surface area contributed by atoms with E-state index in [4.69, 9.17) is 9.47 Å². The number of rotatable bonds is 9. The van der Waals surface area contributed by atoms with Gasteiger partial charge < -0.3 is 19.9 Å². The molecule has 1 aliphatic rings. The van der Waals surface area contributed by atoms with Gasteiger partial charge in [0.25, 0.3) is 0 Å². The Bertz CT molecular complexity index is 399. The van der Waals surface area contributed by atoms with Gasteiger partial charge in [0, 0.05) is 17.1 Å². The Morgan fingerprint density at radius 2 is 1.86 bits per heavy atom. The maximum atomic E-state index is 9.82. The van der Waals surface area contributed by atoms with Crippen LogP contribution in [0, 0.1) is 0 Å². The lowest BCUT2D eigenvalue weighted by atomic mass is 10.2. The van der Waals surface area contributed by atoms with Gasteiger partial charge in [-0.15, -0.1) is 12.4 Å². The molecule has 1 saturated carbocycles. The smallest absolute Gasteiger partial charge is 0.119 e. The normalized spacial score (nSPS) is 16.3. The molecule has 0 heterocycles. The van der Waals surface area contributed by atoms with Crippen LogP contribution in [0.15, 0.2) is 28.7 Å². The lowest BCUT2D eigenvalue weighted by Gasteiger charge is -2.16. The van der Waals surface area contributed by atoms with Crippen molar-refractivity contribution in [3.05, 3.63) is 28.7 Å². The molecular formula is C16H25BrClNO3. The van der Waals surface area contributed by atoms with E-state index in [-0.39, 0.29) is 12.4 Å². The van der Waals surface area contributed by atoms with Gasteiger partial charge in [-0.05, 0) is 37.1 Å². The Kier molecular flexibility index (Phi) is 10.1. The van der Waals surface area contributed by atoms with Crippen molar-refractivity contribution < 1.29 is 14.6 Å². The minimum atomic E-state index is -0.446. The van der Waals surface area contributed by atoms with Crippen LogP contribution in [0.1, 0.15) is 25.7 Å². The Morgan fingerprint density at radius 3 is 2.55 bits per heavy atom. The molecule has 0 amide bonds. The summed E-state index contributed by atoms with van der Waals surface area (Å²) >= 11 is 3.38. The second kappa shape index (κ2) is 11.2. The lowest BCUT2D eigenvalue weighted by molar-refractivity contribution is 0.0241. The van der Waals surface area contributed by atoms with Crippen molar-refractivity contribution in [2.75, 3.05) is 26.4 Å². The quantitative estimate of drug-likeness (QED) is 0.632. The van der Waals surface area contributed by atoms with Gasteiger partial charge >= 0.3 is 0 Å². The molecule has 2 rings (SSSR count). The Labute approximate surface area is 147 Å². The standard InChI is InChI=1S/C16H24BrNO3.ClH/c17-13-5-7-16(8-6-13)21-10-9-20-12-15(19)11-18-14-3-1-2-4-14;/h5-8,14-15,18-19H,1-4,9-12H2;1H. The van der Waals surface area contributed by atoms with Crippen molar-refractivity contribution in [1.82, 2.24) is 5.32 Å². The third-order valence-electron chi connectivity index (χ3n) is 3.62. The lowest BCUT2D eigenvalue weighted by Crippen LogP contribution is -2.36. The van der Waals surface area contributed by atoms with Crippen molar-refractivity contribution in [2.45, 2.75) is 37.8 Å². The first-order chi connectivity index (χ1) is 10.2. The van der Waals surface area contributed by atoms with E-state index in [1.165, 1.54) is 25.7 Å². The van der Waals surface area contributed by atoms with Crippen LogP contribution in [0.2, 0.25) is 0 Å². The minimum absolute atomic E-state index is 0. The minimum Gasteiger partial charge on any atom is -0.491 e. The van der Waals surface area contributed by atoms with E-state index in [1.54, 1.807) is 0 Å². The number of aliphatic hydroxyl groups excluding tert-OH is 1. The molecule has 0 bridgehead atoms. The molecule has 1 aromatic carbocycles. The molecule has 1 unspecified atom stereocenters. The average molecular weight is 395 g/mol. The summed E-state index contributed by atoms with van der Waals surface area (Å²) < 4.78 is 12.0. The molecule has 0 aliphatic heterocycles. The van der Waals surface area contributed by atoms with Crippen LogP contribution < -0.4 is 10.1 Å². The molecule has 126 valence electrons. The van der Waals surface area contributed by atoms with Crippen LogP contribution in [0.4, 0.5) is 0 Å². The zero-order valence-electron chi connectivity index (χ0n) is 12.7. The zero-order valence-corrected chi connectivity index (χ0v) is 15.1. The molecule has 0 radical (unpaired) electrons. The summed E-state index contributed by atoms with van der Waals surface area (Å²) in [6.45, 7) is 1.93. The highest BCUT2D eigenvalue weighted by atomic mass is 79.9. The van der Waals surface area contributed by atoms with Crippen LogP contribution in [-0.2, 0) is 4.74 Å². The summed E-state index contributed by atoms with van der Waals surface area (Å²) in [5, 5.41) is 13.2. The number of nitrogens with one attached hydrogen (secondary N) is 1. The van der Waals surface area contributed by atoms with Crippen molar-refractivity contribution in [3.8, 4) is 5.75 Å². The van der Waals surface area contributed by atoms with Crippen molar-refractivity contribution in [3.63, 3.8) is 0 Å². The van der Waals surface area contributed by atoms with E-state index in [0.717, 1.165) is 10.2 Å². The van der Waals surface area contributed by atoms with Crippen molar-refractivity contribution in [1.29, 1.82) is 0 Å². The number of ether oxygens (including phenoxy) is 2. The second-order valence-electron chi connectivity index (χ2n) is 5.42. The van der Waals surface area contributed by atoms with E-state index < -0.39 is 6.10 Å². The number of hydrogen-bond acceptors (Lipinski definition) is 4. The summed E-state index contributed by atoms with van der Waals surface area (Å²) in [6, 6.07) is 8.28. The fourth-order valence-electron chi connectivity index (χ4n) is 2.46. The SMILES string of the molecule is Cl.OC(CNC1CCCC1)COCCOc1ccc(Br)cc1. The molecule has 1 aliphatic carbocycles. The van der Waals surface area contributed by atoms with Crippen LogP contribution >= 0.6 is 28.3 Å². The van der Waals surface area contributed by atoms with E-state index in [1.807, 2.05) is 24.3 Å². The molecule has 0 saturated heterocycles. The molecular weight excluding hydrogens is 370 g/mol. The van der Waals surface area contributed by atoms with E-state index >= 15 is 0 Å². The fourth-order valence-corrected chi connectivity index (χ4v) is 2.72. The van der Waals surface area contributed by atoms with Gasteiger partial charge in [-0.1, -0.05) is 28.8 Å². The third kappa shape index (κ3) is 7.79. The predicted molar refractivity (Wildman–Crippen MR) is 94.0 cm³/mol. The molecule has 4 nitrogen and oxygen atoms in total. The molecule has 1 fully saturated rings. The first-order valence-electron chi connectivity index (χ1n) is 7.61. The highest BCUT2D eigenvalue weighted by Crippen LogP contribution is 2.17. The van der Waals surface area contributed by atoms with Gasteiger partial charge in [0.2, 0.25) is 0 Å². The molecule has 0 aromatic heterocycles. The summed E-state index contributed by atoms with van der Waals surface area (Å²) in [6.07, 6.45) is 4.62. The number of aliphatic hydroxyl groups is 1. The average Bonchev–Trinajstić information content (AvgIpc) is 3.00. The largest absolute Gasteiger partial charge is 0.491 e. The summed E-state index contributed by atoms with van der Waals surface area (Å²) in [7, 11) is 0. The zero-order chi connectivity index (χ0) is 14.9. The third-order valence-corrected chi connectivity index (χ3v) is 4.15.